The lowest BCUT2D eigenvalue weighted by Gasteiger charge is -2.37. The summed E-state index contributed by atoms with van der Waals surface area (Å²) in [6, 6.07) is 17.3. The molecule has 0 unspecified atom stereocenters. The summed E-state index contributed by atoms with van der Waals surface area (Å²) in [7, 11) is 0. The lowest BCUT2D eigenvalue weighted by Crippen LogP contribution is -2.39. The normalized spacial score (nSPS) is 21.5. The second-order valence-corrected chi connectivity index (χ2v) is 6.72. The van der Waals surface area contributed by atoms with Crippen molar-refractivity contribution in [1.82, 2.24) is 5.32 Å². The number of hydrogen-bond acceptors (Lipinski definition) is 1. The van der Waals surface area contributed by atoms with E-state index in [1.54, 1.807) is 0 Å². The van der Waals surface area contributed by atoms with Crippen LogP contribution in [0.5, 0.6) is 0 Å². The zero-order valence-electron chi connectivity index (χ0n) is 11.2. The third-order valence-corrected chi connectivity index (χ3v) is 4.86. The summed E-state index contributed by atoms with van der Waals surface area (Å²) in [5, 5.41) is 4.52. The maximum Gasteiger partial charge on any atom is 0.0440 e. The lowest BCUT2D eigenvalue weighted by atomic mass is 9.76. The van der Waals surface area contributed by atoms with E-state index in [-0.39, 0.29) is 0 Å². The summed E-state index contributed by atoms with van der Waals surface area (Å²) >= 11 is 9.70. The molecule has 1 fully saturated rings. The van der Waals surface area contributed by atoms with Gasteiger partial charge in [-0.25, -0.2) is 0 Å². The zero-order chi connectivity index (χ0) is 13.9. The van der Waals surface area contributed by atoms with Crippen LogP contribution in [0.1, 0.15) is 29.9 Å². The molecule has 20 heavy (non-hydrogen) atoms. The Morgan fingerprint density at radius 1 is 1.05 bits per heavy atom. The lowest BCUT2D eigenvalue weighted by molar-refractivity contribution is 0.289. The molecule has 0 atom stereocenters. The van der Waals surface area contributed by atoms with Gasteiger partial charge in [0.05, 0.1) is 0 Å². The Morgan fingerprint density at radius 3 is 2.45 bits per heavy atom. The summed E-state index contributed by atoms with van der Waals surface area (Å²) in [6.45, 7) is 0.938. The van der Waals surface area contributed by atoms with Crippen molar-refractivity contribution in [2.24, 2.45) is 0 Å². The van der Waals surface area contributed by atoms with Gasteiger partial charge in [0, 0.05) is 22.1 Å². The Labute approximate surface area is 133 Å². The van der Waals surface area contributed by atoms with Crippen molar-refractivity contribution in [3.8, 4) is 0 Å². The first-order valence-corrected chi connectivity index (χ1v) is 8.12. The van der Waals surface area contributed by atoms with Crippen LogP contribution in [0.4, 0.5) is 0 Å². The molecular formula is C17H17BrClN. The van der Waals surface area contributed by atoms with Crippen LogP contribution in [0, 0.1) is 0 Å². The van der Waals surface area contributed by atoms with Gasteiger partial charge in [0.15, 0.2) is 0 Å². The maximum atomic E-state index is 6.24. The minimum atomic E-state index is 0.611. The summed E-state index contributed by atoms with van der Waals surface area (Å²) in [5.74, 6) is 0.617. The van der Waals surface area contributed by atoms with Gasteiger partial charge in [-0.15, -0.1) is 0 Å². The monoisotopic (exact) mass is 349 g/mol. The molecule has 0 saturated heterocycles. The highest BCUT2D eigenvalue weighted by Gasteiger charge is 2.30. The number of rotatable bonds is 4. The molecule has 104 valence electrons. The van der Waals surface area contributed by atoms with E-state index in [4.69, 9.17) is 11.6 Å². The van der Waals surface area contributed by atoms with Crippen LogP contribution in [0.25, 0.3) is 0 Å². The third kappa shape index (κ3) is 3.25. The number of hydrogen-bond donors (Lipinski definition) is 1. The molecular weight excluding hydrogens is 334 g/mol. The van der Waals surface area contributed by atoms with Crippen molar-refractivity contribution in [2.75, 3.05) is 0 Å². The van der Waals surface area contributed by atoms with Crippen LogP contribution in [-0.4, -0.2) is 6.04 Å². The van der Waals surface area contributed by atoms with Crippen LogP contribution in [-0.2, 0) is 6.54 Å². The first-order valence-electron chi connectivity index (χ1n) is 6.94. The highest BCUT2D eigenvalue weighted by atomic mass is 79.9. The van der Waals surface area contributed by atoms with E-state index >= 15 is 0 Å². The molecule has 0 aliphatic heterocycles. The second kappa shape index (κ2) is 6.30. The highest BCUT2D eigenvalue weighted by molar-refractivity contribution is 9.10. The minimum absolute atomic E-state index is 0.611. The summed E-state index contributed by atoms with van der Waals surface area (Å²) in [4.78, 5) is 0. The van der Waals surface area contributed by atoms with Crippen molar-refractivity contribution in [1.29, 1.82) is 0 Å². The van der Waals surface area contributed by atoms with E-state index in [2.05, 4.69) is 57.6 Å². The Hall–Kier alpha value is -0.830. The fourth-order valence-electron chi connectivity index (χ4n) is 2.71. The molecule has 2 aromatic carbocycles. The SMILES string of the molecule is Clc1ccccc1C1CC(NCc2ccc(Br)cc2)C1. The zero-order valence-corrected chi connectivity index (χ0v) is 13.5. The average molecular weight is 351 g/mol. The molecule has 0 radical (unpaired) electrons. The van der Waals surface area contributed by atoms with Crippen LogP contribution >= 0.6 is 27.5 Å². The molecule has 0 amide bonds. The van der Waals surface area contributed by atoms with Crippen LogP contribution in [0.2, 0.25) is 5.02 Å². The molecule has 1 saturated carbocycles. The van der Waals surface area contributed by atoms with Gasteiger partial charge in [0.25, 0.3) is 0 Å². The van der Waals surface area contributed by atoms with E-state index in [1.165, 1.54) is 24.0 Å². The summed E-state index contributed by atoms with van der Waals surface area (Å²) < 4.78 is 1.13. The van der Waals surface area contributed by atoms with Gasteiger partial charge in [0.2, 0.25) is 0 Å². The quantitative estimate of drug-likeness (QED) is 0.805. The van der Waals surface area contributed by atoms with Gasteiger partial charge in [-0.2, -0.15) is 0 Å². The number of nitrogens with one attached hydrogen (secondary N) is 1. The van der Waals surface area contributed by atoms with E-state index in [0.29, 0.717) is 12.0 Å². The maximum absolute atomic E-state index is 6.24. The fraction of sp³-hybridized carbons (Fsp3) is 0.294. The summed E-state index contributed by atoms with van der Waals surface area (Å²) in [5.41, 5.74) is 2.63. The summed E-state index contributed by atoms with van der Waals surface area (Å²) in [6.07, 6.45) is 2.36. The third-order valence-electron chi connectivity index (χ3n) is 3.99. The van der Waals surface area contributed by atoms with Crippen molar-refractivity contribution in [2.45, 2.75) is 31.3 Å². The van der Waals surface area contributed by atoms with Crippen LogP contribution in [0.3, 0.4) is 0 Å². The van der Waals surface area contributed by atoms with Crippen molar-refractivity contribution >= 4 is 27.5 Å². The molecule has 0 spiro atoms. The van der Waals surface area contributed by atoms with Crippen LogP contribution in [0.15, 0.2) is 53.0 Å². The molecule has 0 heterocycles. The predicted molar refractivity (Wildman–Crippen MR) is 88.2 cm³/mol. The highest BCUT2D eigenvalue weighted by Crippen LogP contribution is 2.39. The van der Waals surface area contributed by atoms with Gasteiger partial charge in [-0.05, 0) is 48.1 Å². The predicted octanol–water partition coefficient (Wildman–Crippen LogP) is 5.14. The Kier molecular flexibility index (Phi) is 4.45. The van der Waals surface area contributed by atoms with E-state index < -0.39 is 0 Å². The first-order chi connectivity index (χ1) is 9.72. The molecule has 3 heteroatoms. The molecule has 2 aromatic rings. The molecule has 3 rings (SSSR count). The van der Waals surface area contributed by atoms with Gasteiger partial charge in [0.1, 0.15) is 0 Å². The molecule has 1 aliphatic rings. The van der Waals surface area contributed by atoms with Crippen molar-refractivity contribution < 1.29 is 0 Å². The van der Waals surface area contributed by atoms with Crippen LogP contribution < -0.4 is 5.32 Å². The second-order valence-electron chi connectivity index (χ2n) is 5.39. The van der Waals surface area contributed by atoms with Crippen molar-refractivity contribution in [3.63, 3.8) is 0 Å². The average Bonchev–Trinajstić information content (AvgIpc) is 2.41. The van der Waals surface area contributed by atoms with Crippen molar-refractivity contribution in [3.05, 3.63) is 69.2 Å². The van der Waals surface area contributed by atoms with Gasteiger partial charge < -0.3 is 5.32 Å². The Morgan fingerprint density at radius 2 is 1.75 bits per heavy atom. The molecule has 0 bridgehead atoms. The molecule has 1 aliphatic carbocycles. The van der Waals surface area contributed by atoms with Gasteiger partial charge >= 0.3 is 0 Å². The van der Waals surface area contributed by atoms with Gasteiger partial charge in [-0.1, -0.05) is 57.9 Å². The molecule has 0 aromatic heterocycles. The van der Waals surface area contributed by atoms with E-state index in [1.807, 2.05) is 12.1 Å². The van der Waals surface area contributed by atoms with Gasteiger partial charge in [-0.3, -0.25) is 0 Å². The van der Waals surface area contributed by atoms with E-state index in [0.717, 1.165) is 16.0 Å². The Bertz CT molecular complexity index is 576. The minimum Gasteiger partial charge on any atom is -0.310 e. The number of benzene rings is 2. The first kappa shape index (κ1) is 14.1. The number of halogens is 2. The Balaban J connectivity index is 1.49. The largest absolute Gasteiger partial charge is 0.310 e. The standard InChI is InChI=1S/C17H17BrClN/c18-14-7-5-12(6-8-14)11-20-15-9-13(10-15)16-3-1-2-4-17(16)19/h1-8,13,15,20H,9-11H2. The smallest absolute Gasteiger partial charge is 0.0440 e. The molecule has 1 nitrogen and oxygen atoms in total. The fourth-order valence-corrected chi connectivity index (χ4v) is 3.26. The van der Waals surface area contributed by atoms with E-state index in [9.17, 15) is 0 Å². The topological polar surface area (TPSA) is 12.0 Å². The molecule has 1 N–H and O–H groups in total.